The van der Waals surface area contributed by atoms with Crippen LogP contribution in [0.5, 0.6) is 0 Å². The van der Waals surface area contributed by atoms with Gasteiger partial charge in [-0.25, -0.2) is 9.38 Å². The Hall–Kier alpha value is -2.13. The van der Waals surface area contributed by atoms with E-state index in [2.05, 4.69) is 34.4 Å². The Balaban J connectivity index is 1.94. The van der Waals surface area contributed by atoms with Crippen molar-refractivity contribution in [1.82, 2.24) is 15.5 Å². The monoisotopic (exact) mass is 359 g/mol. The molecule has 0 spiro atoms. The van der Waals surface area contributed by atoms with Crippen molar-refractivity contribution in [3.05, 3.63) is 35.1 Å². The maximum absolute atomic E-state index is 13.9. The van der Waals surface area contributed by atoms with Crippen molar-refractivity contribution in [3.63, 3.8) is 0 Å². The van der Waals surface area contributed by atoms with Crippen LogP contribution in [0.25, 0.3) is 0 Å². The molecule has 6 heteroatoms. The first-order valence-corrected chi connectivity index (χ1v) is 9.47. The summed E-state index contributed by atoms with van der Waals surface area (Å²) < 4.78 is 13.9. The zero-order valence-electron chi connectivity index (χ0n) is 16.1. The number of halogens is 1. The molecule has 0 atom stereocenters. The number of hydrogen-bond donors (Lipinski definition) is 2. The van der Waals surface area contributed by atoms with Crippen LogP contribution in [-0.2, 0) is 6.54 Å². The average molecular weight is 359 g/mol. The number of nitrogens with zero attached hydrogens (tertiary/aromatic N) is 3. The molecule has 0 saturated carbocycles. The highest BCUT2D eigenvalue weighted by atomic mass is 19.1. The van der Waals surface area contributed by atoms with Crippen LogP contribution < -0.4 is 10.6 Å². The summed E-state index contributed by atoms with van der Waals surface area (Å²) in [5.41, 5.74) is 0.889. The molecule has 142 valence electrons. The van der Waals surface area contributed by atoms with Crippen LogP contribution in [0.2, 0.25) is 0 Å². The van der Waals surface area contributed by atoms with E-state index >= 15 is 0 Å². The maximum Gasteiger partial charge on any atom is 0.191 e. The van der Waals surface area contributed by atoms with Crippen LogP contribution in [0.1, 0.15) is 44.7 Å². The van der Waals surface area contributed by atoms with E-state index in [4.69, 9.17) is 5.26 Å². The number of piperidine rings is 1. The van der Waals surface area contributed by atoms with Gasteiger partial charge in [-0.05, 0) is 43.9 Å². The van der Waals surface area contributed by atoms with E-state index in [1.807, 2.05) is 13.0 Å². The highest BCUT2D eigenvalue weighted by Gasteiger charge is 2.20. The minimum absolute atomic E-state index is 0.211. The maximum atomic E-state index is 13.9. The molecule has 1 saturated heterocycles. The minimum Gasteiger partial charge on any atom is -0.357 e. The molecule has 1 aliphatic rings. The lowest BCUT2D eigenvalue weighted by Gasteiger charge is -2.34. The molecule has 1 fully saturated rings. The van der Waals surface area contributed by atoms with Crippen molar-refractivity contribution < 1.29 is 4.39 Å². The third kappa shape index (κ3) is 6.30. The second-order valence-electron chi connectivity index (χ2n) is 7.23. The molecule has 0 aliphatic carbocycles. The second kappa shape index (κ2) is 10.1. The number of aliphatic imine (C=N–C) groups is 1. The van der Waals surface area contributed by atoms with Crippen molar-refractivity contribution in [1.29, 1.82) is 5.26 Å². The first-order valence-electron chi connectivity index (χ1n) is 9.47. The quantitative estimate of drug-likeness (QED) is 0.606. The fraction of sp³-hybridized carbons (Fsp3) is 0.600. The third-order valence-corrected chi connectivity index (χ3v) is 4.48. The van der Waals surface area contributed by atoms with Gasteiger partial charge in [0, 0.05) is 37.8 Å². The average Bonchev–Trinajstić information content (AvgIpc) is 2.62. The lowest BCUT2D eigenvalue weighted by molar-refractivity contribution is 0.187. The molecule has 0 amide bonds. The summed E-state index contributed by atoms with van der Waals surface area (Å²) in [7, 11) is 0. The molecular weight excluding hydrogens is 329 g/mol. The molecule has 0 aromatic heterocycles. The van der Waals surface area contributed by atoms with E-state index in [0.717, 1.165) is 39.0 Å². The van der Waals surface area contributed by atoms with Gasteiger partial charge in [0.1, 0.15) is 5.82 Å². The normalized spacial score (nSPS) is 16.5. The fourth-order valence-electron chi connectivity index (χ4n) is 3.22. The molecule has 1 aliphatic heterocycles. The van der Waals surface area contributed by atoms with Crippen molar-refractivity contribution in [2.24, 2.45) is 10.9 Å². The summed E-state index contributed by atoms with van der Waals surface area (Å²) in [5.74, 6) is 1.07. The second-order valence-corrected chi connectivity index (χ2v) is 7.23. The van der Waals surface area contributed by atoms with Crippen LogP contribution in [0.15, 0.2) is 23.2 Å². The Morgan fingerprint density at radius 1 is 1.38 bits per heavy atom. The lowest BCUT2D eigenvalue weighted by atomic mass is 10.0. The molecular formula is C20H30FN5. The Morgan fingerprint density at radius 3 is 2.73 bits per heavy atom. The molecule has 1 aromatic carbocycles. The summed E-state index contributed by atoms with van der Waals surface area (Å²) in [4.78, 5) is 7.02. The molecule has 2 rings (SSSR count). The zero-order chi connectivity index (χ0) is 18.9. The van der Waals surface area contributed by atoms with Gasteiger partial charge < -0.3 is 15.5 Å². The first-order chi connectivity index (χ1) is 12.5. The van der Waals surface area contributed by atoms with E-state index in [-0.39, 0.29) is 12.4 Å². The van der Waals surface area contributed by atoms with Crippen molar-refractivity contribution in [2.75, 3.05) is 26.2 Å². The molecule has 0 radical (unpaired) electrons. The Bertz CT molecular complexity index is 642. The smallest absolute Gasteiger partial charge is 0.191 e. The van der Waals surface area contributed by atoms with Gasteiger partial charge in [-0.3, -0.25) is 0 Å². The van der Waals surface area contributed by atoms with E-state index in [1.54, 1.807) is 6.07 Å². The van der Waals surface area contributed by atoms with E-state index < -0.39 is 0 Å². The third-order valence-electron chi connectivity index (χ3n) is 4.48. The Labute approximate surface area is 156 Å². The number of nitriles is 1. The molecule has 2 N–H and O–H groups in total. The predicted octanol–water partition coefficient (Wildman–Crippen LogP) is 2.87. The summed E-state index contributed by atoms with van der Waals surface area (Å²) in [6, 6.07) is 6.79. The molecule has 1 aromatic rings. The van der Waals surface area contributed by atoms with Crippen LogP contribution >= 0.6 is 0 Å². The van der Waals surface area contributed by atoms with Gasteiger partial charge >= 0.3 is 0 Å². The molecule has 0 unspecified atom stereocenters. The van der Waals surface area contributed by atoms with Gasteiger partial charge in [0.25, 0.3) is 0 Å². The van der Waals surface area contributed by atoms with Gasteiger partial charge in [-0.1, -0.05) is 13.8 Å². The van der Waals surface area contributed by atoms with Gasteiger partial charge in [0.2, 0.25) is 0 Å². The van der Waals surface area contributed by atoms with Crippen molar-refractivity contribution >= 4 is 5.96 Å². The number of likely N-dealkylation sites (tertiary alicyclic amines) is 1. The van der Waals surface area contributed by atoms with E-state index in [9.17, 15) is 4.39 Å². The summed E-state index contributed by atoms with van der Waals surface area (Å²) in [5, 5.41) is 15.7. The van der Waals surface area contributed by atoms with Crippen LogP contribution in [0.4, 0.5) is 4.39 Å². The highest BCUT2D eigenvalue weighted by molar-refractivity contribution is 5.80. The van der Waals surface area contributed by atoms with Gasteiger partial charge in [-0.15, -0.1) is 0 Å². The fourth-order valence-corrected chi connectivity index (χ4v) is 3.22. The molecule has 26 heavy (non-hydrogen) atoms. The first kappa shape index (κ1) is 20.2. The standard InChI is InChI=1S/C20H30FN5/c1-4-23-20(24-13-17-11-16(12-22)5-6-19(17)21)25-18-7-9-26(10-8-18)14-15(2)3/h5-6,11,15,18H,4,7-10,13-14H2,1-3H3,(H2,23,24,25). The summed E-state index contributed by atoms with van der Waals surface area (Å²) in [6.45, 7) is 10.8. The Kier molecular flexibility index (Phi) is 7.86. The topological polar surface area (TPSA) is 63.5 Å². The Morgan fingerprint density at radius 2 is 2.12 bits per heavy atom. The van der Waals surface area contributed by atoms with Crippen LogP contribution in [0, 0.1) is 23.1 Å². The van der Waals surface area contributed by atoms with Gasteiger partial charge in [0.15, 0.2) is 5.96 Å². The lowest BCUT2D eigenvalue weighted by Crippen LogP contribution is -2.49. The molecule has 5 nitrogen and oxygen atoms in total. The molecule has 1 heterocycles. The number of benzene rings is 1. The number of rotatable bonds is 6. The predicted molar refractivity (Wildman–Crippen MR) is 103 cm³/mol. The number of nitrogens with one attached hydrogen (secondary N) is 2. The van der Waals surface area contributed by atoms with Crippen LogP contribution in [0.3, 0.4) is 0 Å². The summed E-state index contributed by atoms with van der Waals surface area (Å²) in [6.07, 6.45) is 2.16. The largest absolute Gasteiger partial charge is 0.357 e. The number of guanidine groups is 1. The SMILES string of the molecule is CCNC(=NCc1cc(C#N)ccc1F)NC1CCN(CC(C)C)CC1. The minimum atomic E-state index is -0.328. The number of hydrogen-bond acceptors (Lipinski definition) is 3. The summed E-state index contributed by atoms with van der Waals surface area (Å²) >= 11 is 0. The van der Waals surface area contributed by atoms with Crippen LogP contribution in [-0.4, -0.2) is 43.1 Å². The van der Waals surface area contributed by atoms with E-state index in [1.165, 1.54) is 12.1 Å². The van der Waals surface area contributed by atoms with Gasteiger partial charge in [-0.2, -0.15) is 5.26 Å². The van der Waals surface area contributed by atoms with Gasteiger partial charge in [0.05, 0.1) is 18.2 Å². The van der Waals surface area contributed by atoms with Crippen molar-refractivity contribution in [2.45, 2.75) is 46.2 Å². The van der Waals surface area contributed by atoms with E-state index in [0.29, 0.717) is 29.0 Å². The molecule has 0 bridgehead atoms. The highest BCUT2D eigenvalue weighted by Crippen LogP contribution is 2.13. The van der Waals surface area contributed by atoms with Crippen molar-refractivity contribution in [3.8, 4) is 6.07 Å². The zero-order valence-corrected chi connectivity index (χ0v) is 16.1.